The van der Waals surface area contributed by atoms with Gasteiger partial charge in [-0.05, 0) is 0 Å². The smallest absolute Gasteiger partial charge is 0.0512 e. The molecule has 4 rings (SSSR count). The Labute approximate surface area is 174 Å². The van der Waals surface area contributed by atoms with Gasteiger partial charge in [0.25, 0.3) is 0 Å². The second-order valence-electron chi connectivity index (χ2n) is 7.19. The molecule has 2 aliphatic carbocycles. The van der Waals surface area contributed by atoms with Crippen molar-refractivity contribution >= 4 is 3.21 Å². The second-order valence-corrected chi connectivity index (χ2v) is 9.03. The molecule has 0 aliphatic heterocycles. The van der Waals surface area contributed by atoms with Gasteiger partial charge in [-0.25, -0.2) is 12.1 Å². The first-order valence-electron chi connectivity index (χ1n) is 9.68. The quantitative estimate of drug-likeness (QED) is 0.493. The molecular weight excluding hydrogens is 391 g/mol. The molecular formula is C25H30Zr. The molecule has 0 radical (unpaired) electrons. The predicted octanol–water partition coefficient (Wildman–Crippen LogP) is 6.39. The van der Waals surface area contributed by atoms with Crippen LogP contribution in [0.3, 0.4) is 0 Å². The third kappa shape index (κ3) is 7.20. The van der Waals surface area contributed by atoms with Crippen molar-refractivity contribution in [2.24, 2.45) is 5.92 Å². The molecule has 0 unspecified atom stereocenters. The average Bonchev–Trinajstić information content (AvgIpc) is 3.35. The Morgan fingerprint density at radius 3 is 2.31 bits per heavy atom. The molecule has 26 heavy (non-hydrogen) atoms. The number of benzene rings is 1. The Hall–Kier alpha value is -1.20. The van der Waals surface area contributed by atoms with Crippen molar-refractivity contribution in [3.63, 3.8) is 0 Å². The van der Waals surface area contributed by atoms with Crippen LogP contribution in [0.4, 0.5) is 0 Å². The van der Waals surface area contributed by atoms with Crippen LogP contribution in [-0.4, -0.2) is 3.21 Å². The number of rotatable bonds is 2. The third-order valence-corrected chi connectivity index (χ3v) is 5.46. The van der Waals surface area contributed by atoms with Crippen LogP contribution >= 0.6 is 0 Å². The van der Waals surface area contributed by atoms with Gasteiger partial charge < -0.3 is 0 Å². The van der Waals surface area contributed by atoms with Crippen molar-refractivity contribution in [3.8, 4) is 0 Å². The van der Waals surface area contributed by atoms with Gasteiger partial charge in [-0.3, -0.25) is 6.08 Å². The van der Waals surface area contributed by atoms with Crippen LogP contribution in [0.15, 0.2) is 66.3 Å². The van der Waals surface area contributed by atoms with Gasteiger partial charge in [0.05, 0.1) is 0 Å². The fourth-order valence-electron chi connectivity index (χ4n) is 3.12. The minimum absolute atomic E-state index is 0.685. The Kier molecular flexibility index (Phi) is 9.34. The Bertz CT molecular complexity index is 708. The first-order valence-corrected chi connectivity index (χ1v) is 10.9. The normalized spacial score (nSPS) is 14.6. The zero-order chi connectivity index (χ0) is 18.8. The van der Waals surface area contributed by atoms with E-state index in [-0.39, 0.29) is 0 Å². The molecule has 0 aromatic heterocycles. The van der Waals surface area contributed by atoms with Gasteiger partial charge in [-0.1, -0.05) is 45.4 Å². The molecule has 0 spiro atoms. The van der Waals surface area contributed by atoms with Gasteiger partial charge in [-0.15, -0.1) is 6.42 Å². The maximum absolute atomic E-state index is 3.14. The van der Waals surface area contributed by atoms with Crippen LogP contribution in [0.1, 0.15) is 56.7 Å². The monoisotopic (exact) mass is 420 g/mol. The van der Waals surface area contributed by atoms with Crippen LogP contribution in [0, 0.1) is 12.0 Å². The van der Waals surface area contributed by atoms with E-state index in [0.29, 0.717) is 5.92 Å². The summed E-state index contributed by atoms with van der Waals surface area (Å²) in [4.78, 5) is 0. The van der Waals surface area contributed by atoms with E-state index >= 15 is 0 Å². The Balaban J connectivity index is 0.000000141. The second kappa shape index (κ2) is 11.5. The maximum atomic E-state index is 3.14. The van der Waals surface area contributed by atoms with Gasteiger partial charge in [0.2, 0.25) is 0 Å². The summed E-state index contributed by atoms with van der Waals surface area (Å²) in [7, 11) is 0. The van der Waals surface area contributed by atoms with E-state index in [1.165, 1.54) is 64.3 Å². The van der Waals surface area contributed by atoms with Gasteiger partial charge in [-0.2, -0.15) is 34.9 Å². The van der Waals surface area contributed by atoms with E-state index in [9.17, 15) is 0 Å². The van der Waals surface area contributed by atoms with Gasteiger partial charge in [0.15, 0.2) is 0 Å². The fraction of sp³-hybridized carbons (Fsp3) is 0.360. The summed E-state index contributed by atoms with van der Waals surface area (Å²) in [5.41, 5.74) is 6.00. The van der Waals surface area contributed by atoms with Crippen molar-refractivity contribution in [3.05, 3.63) is 89.0 Å². The van der Waals surface area contributed by atoms with Crippen LogP contribution < -0.4 is 0 Å². The third-order valence-electron chi connectivity index (χ3n) is 4.75. The average molecular weight is 422 g/mol. The molecule has 2 aliphatic rings. The maximum Gasteiger partial charge on any atom is -0.0512 e. The summed E-state index contributed by atoms with van der Waals surface area (Å²) >= 11 is 1.51. The van der Waals surface area contributed by atoms with Crippen LogP contribution in [0.25, 0.3) is 0 Å². The summed E-state index contributed by atoms with van der Waals surface area (Å²) < 4.78 is 1.46. The topological polar surface area (TPSA) is 0 Å². The van der Waals surface area contributed by atoms with Crippen molar-refractivity contribution in [2.75, 3.05) is 0 Å². The van der Waals surface area contributed by atoms with E-state index in [0.717, 1.165) is 6.42 Å². The van der Waals surface area contributed by atoms with Crippen molar-refractivity contribution < 1.29 is 24.2 Å². The molecule has 2 aromatic rings. The molecule has 0 saturated carbocycles. The Morgan fingerprint density at radius 1 is 1.08 bits per heavy atom. The largest absolute Gasteiger partial charge is 0.210 e. The molecule has 0 nitrogen and oxygen atoms in total. The van der Waals surface area contributed by atoms with Crippen LogP contribution in [0.5, 0.6) is 0 Å². The predicted molar refractivity (Wildman–Crippen MR) is 110 cm³/mol. The van der Waals surface area contributed by atoms with Gasteiger partial charge in [0, 0.05) is 0 Å². The van der Waals surface area contributed by atoms with E-state index in [2.05, 4.69) is 81.5 Å². The van der Waals surface area contributed by atoms with Crippen LogP contribution in [0.2, 0.25) is 0 Å². The number of aryl methyl sites for hydroxylation is 2. The zero-order valence-corrected chi connectivity index (χ0v) is 18.8. The van der Waals surface area contributed by atoms with E-state index in [4.69, 9.17) is 0 Å². The zero-order valence-electron chi connectivity index (χ0n) is 16.4. The van der Waals surface area contributed by atoms with E-state index in [1.807, 2.05) is 6.07 Å². The number of hydrogen-bond acceptors (Lipinski definition) is 0. The van der Waals surface area contributed by atoms with Crippen molar-refractivity contribution in [2.45, 2.75) is 52.9 Å². The molecule has 1 heteroatoms. The molecule has 0 fully saturated rings. The molecule has 0 atom stereocenters. The molecule has 0 saturated heterocycles. The SMILES string of the molecule is CC(C)C1=CC[C-]=C1.C[C](=[Zr+2])c1ccccc1.c1cc2c([cH-]1)CCCC2. The van der Waals surface area contributed by atoms with Crippen molar-refractivity contribution in [1.29, 1.82) is 0 Å². The minimum atomic E-state index is 0.685. The first kappa shape index (κ1) is 21.1. The number of allylic oxidation sites excluding steroid dienone is 4. The van der Waals surface area contributed by atoms with E-state index in [1.54, 1.807) is 11.1 Å². The molecule has 0 amide bonds. The summed E-state index contributed by atoms with van der Waals surface area (Å²) in [6.45, 7) is 6.57. The van der Waals surface area contributed by atoms with E-state index < -0.39 is 0 Å². The van der Waals surface area contributed by atoms with Gasteiger partial charge in [0.1, 0.15) is 0 Å². The molecule has 0 bridgehead atoms. The van der Waals surface area contributed by atoms with Crippen molar-refractivity contribution in [1.82, 2.24) is 0 Å². The summed E-state index contributed by atoms with van der Waals surface area (Å²) in [5.74, 6) is 0.685. The molecule has 2 aromatic carbocycles. The summed E-state index contributed by atoms with van der Waals surface area (Å²) in [5, 5.41) is 0. The molecule has 0 N–H and O–H groups in total. The minimum Gasteiger partial charge on any atom is -0.210 e. The number of hydrogen-bond donors (Lipinski definition) is 0. The first-order chi connectivity index (χ1) is 12.6. The molecule has 134 valence electrons. The van der Waals surface area contributed by atoms with Crippen LogP contribution in [-0.2, 0) is 37.1 Å². The number of fused-ring (bicyclic) bond motifs is 1. The standard InChI is InChI=1S/C9H11.C8H11.C8H8.Zr/c1-2-5-9-7-3-6-8(9)4-1;1-7(2)8-5-3-4-6-8;1-2-8-6-4-3-5-7-8;/h3,6-7H,1-2,4-5H2;5-7H,3H2,1-2H3;3-7H,1H3;/q2*-1;;+2. The van der Waals surface area contributed by atoms with Gasteiger partial charge >= 0.3 is 70.3 Å². The summed E-state index contributed by atoms with van der Waals surface area (Å²) in [6, 6.07) is 17.2. The fourth-order valence-corrected chi connectivity index (χ4v) is 3.53. The Morgan fingerprint density at radius 2 is 1.81 bits per heavy atom. The summed E-state index contributed by atoms with van der Waals surface area (Å²) in [6.07, 6.45) is 13.9. The molecule has 0 heterocycles.